The van der Waals surface area contributed by atoms with Gasteiger partial charge in [-0.15, -0.1) is 10.2 Å². The molecule has 2 aromatic carbocycles. The molecule has 0 saturated heterocycles. The molecule has 0 fully saturated rings. The van der Waals surface area contributed by atoms with Crippen molar-refractivity contribution in [2.24, 2.45) is 0 Å². The van der Waals surface area contributed by atoms with Gasteiger partial charge in [0, 0.05) is 24.4 Å². The summed E-state index contributed by atoms with van der Waals surface area (Å²) in [6.07, 6.45) is 3.93. The standard InChI is InChI=1S/C22H16N4O2S/c27-22-17-8-4-5-9-19(17)29-26(22)18(14-15-6-2-1-3-7-15)21-25-24-20(28-21)16-10-12-23-13-11-16/h1-13,18H,14H2. The van der Waals surface area contributed by atoms with Crippen LogP contribution < -0.4 is 5.56 Å². The predicted molar refractivity (Wildman–Crippen MR) is 112 cm³/mol. The molecule has 5 aromatic rings. The second-order valence-electron chi connectivity index (χ2n) is 6.61. The van der Waals surface area contributed by atoms with Crippen molar-refractivity contribution >= 4 is 21.6 Å². The number of pyridine rings is 1. The first-order valence-electron chi connectivity index (χ1n) is 9.18. The number of hydrogen-bond donors (Lipinski definition) is 0. The van der Waals surface area contributed by atoms with Crippen molar-refractivity contribution in [1.82, 2.24) is 19.1 Å². The molecule has 3 heterocycles. The van der Waals surface area contributed by atoms with Crippen LogP contribution in [0, 0.1) is 0 Å². The average Bonchev–Trinajstić information content (AvgIpc) is 3.39. The lowest BCUT2D eigenvalue weighted by molar-refractivity contribution is 0.427. The monoisotopic (exact) mass is 400 g/mol. The molecule has 1 unspecified atom stereocenters. The van der Waals surface area contributed by atoms with Crippen LogP contribution in [-0.2, 0) is 6.42 Å². The van der Waals surface area contributed by atoms with E-state index < -0.39 is 0 Å². The van der Waals surface area contributed by atoms with Gasteiger partial charge in [-0.1, -0.05) is 54.0 Å². The van der Waals surface area contributed by atoms with Gasteiger partial charge in [0.2, 0.25) is 11.8 Å². The number of fused-ring (bicyclic) bond motifs is 1. The zero-order chi connectivity index (χ0) is 19.6. The van der Waals surface area contributed by atoms with E-state index in [-0.39, 0.29) is 11.6 Å². The fourth-order valence-electron chi connectivity index (χ4n) is 3.28. The summed E-state index contributed by atoms with van der Waals surface area (Å²) in [5.41, 5.74) is 1.83. The Morgan fingerprint density at radius 2 is 1.69 bits per heavy atom. The molecular formula is C22H16N4O2S. The summed E-state index contributed by atoms with van der Waals surface area (Å²) in [5, 5.41) is 9.19. The second-order valence-corrected chi connectivity index (χ2v) is 7.62. The summed E-state index contributed by atoms with van der Waals surface area (Å²) in [7, 11) is 0. The molecule has 5 rings (SSSR count). The molecule has 0 aliphatic carbocycles. The third-order valence-corrected chi connectivity index (χ3v) is 5.89. The Morgan fingerprint density at radius 1 is 0.931 bits per heavy atom. The van der Waals surface area contributed by atoms with E-state index >= 15 is 0 Å². The Morgan fingerprint density at radius 3 is 2.48 bits per heavy atom. The number of hydrogen-bond acceptors (Lipinski definition) is 6. The summed E-state index contributed by atoms with van der Waals surface area (Å²) in [5.74, 6) is 0.823. The fourth-order valence-corrected chi connectivity index (χ4v) is 4.36. The maximum absolute atomic E-state index is 13.1. The van der Waals surface area contributed by atoms with E-state index in [1.165, 1.54) is 11.5 Å². The molecule has 0 aliphatic rings. The summed E-state index contributed by atoms with van der Waals surface area (Å²) in [4.78, 5) is 17.1. The highest BCUT2D eigenvalue weighted by molar-refractivity contribution is 7.13. The number of aromatic nitrogens is 4. The third-order valence-electron chi connectivity index (χ3n) is 4.72. The molecule has 7 heteroatoms. The van der Waals surface area contributed by atoms with Gasteiger partial charge in [0.25, 0.3) is 5.56 Å². The third kappa shape index (κ3) is 3.36. The van der Waals surface area contributed by atoms with Crippen LogP contribution in [0.25, 0.3) is 21.5 Å². The van der Waals surface area contributed by atoms with Crippen molar-refractivity contribution in [3.8, 4) is 11.5 Å². The summed E-state index contributed by atoms with van der Waals surface area (Å²) >= 11 is 1.42. The van der Waals surface area contributed by atoms with Gasteiger partial charge < -0.3 is 4.42 Å². The summed E-state index contributed by atoms with van der Waals surface area (Å²) < 4.78 is 8.68. The lowest BCUT2D eigenvalue weighted by Gasteiger charge is -2.13. The number of benzene rings is 2. The van der Waals surface area contributed by atoms with Gasteiger partial charge >= 0.3 is 0 Å². The lowest BCUT2D eigenvalue weighted by atomic mass is 10.1. The summed E-state index contributed by atoms with van der Waals surface area (Å²) in [6.45, 7) is 0. The van der Waals surface area contributed by atoms with E-state index in [9.17, 15) is 4.79 Å². The predicted octanol–water partition coefficient (Wildman–Crippen LogP) is 4.34. The molecule has 3 aromatic heterocycles. The van der Waals surface area contributed by atoms with E-state index in [2.05, 4.69) is 15.2 Å². The van der Waals surface area contributed by atoms with Crippen LogP contribution in [0.2, 0.25) is 0 Å². The Labute approximate surface area is 170 Å². The van der Waals surface area contributed by atoms with Gasteiger partial charge in [0.1, 0.15) is 6.04 Å². The van der Waals surface area contributed by atoms with Crippen molar-refractivity contribution in [1.29, 1.82) is 0 Å². The van der Waals surface area contributed by atoms with Gasteiger partial charge in [-0.25, -0.2) is 0 Å². The van der Waals surface area contributed by atoms with Crippen LogP contribution in [-0.4, -0.2) is 19.1 Å². The van der Waals surface area contributed by atoms with E-state index in [0.29, 0.717) is 23.6 Å². The highest BCUT2D eigenvalue weighted by atomic mass is 32.1. The van der Waals surface area contributed by atoms with Crippen LogP contribution >= 0.6 is 11.5 Å². The Bertz CT molecular complexity index is 1310. The topological polar surface area (TPSA) is 73.8 Å². The first-order valence-corrected chi connectivity index (χ1v) is 9.95. The van der Waals surface area contributed by atoms with Gasteiger partial charge in [-0.3, -0.25) is 13.7 Å². The molecule has 1 atom stereocenters. The molecule has 0 saturated carbocycles. The molecule has 0 spiro atoms. The van der Waals surface area contributed by atoms with E-state index in [4.69, 9.17) is 4.42 Å². The van der Waals surface area contributed by atoms with Crippen LogP contribution in [0.15, 0.2) is 88.3 Å². The largest absolute Gasteiger partial charge is 0.418 e. The highest BCUT2D eigenvalue weighted by Crippen LogP contribution is 2.28. The van der Waals surface area contributed by atoms with Crippen LogP contribution in [0.1, 0.15) is 17.5 Å². The molecular weight excluding hydrogens is 384 g/mol. The minimum absolute atomic E-state index is 0.0461. The van der Waals surface area contributed by atoms with Gasteiger partial charge in [-0.05, 0) is 29.8 Å². The zero-order valence-corrected chi connectivity index (χ0v) is 16.1. The highest BCUT2D eigenvalue weighted by Gasteiger charge is 2.25. The van der Waals surface area contributed by atoms with Crippen molar-refractivity contribution in [3.05, 3.63) is 101 Å². The van der Waals surface area contributed by atoms with Gasteiger partial charge in [0.05, 0.1) is 10.1 Å². The molecule has 0 aliphatic heterocycles. The maximum atomic E-state index is 13.1. The van der Waals surface area contributed by atoms with Gasteiger partial charge in [-0.2, -0.15) is 0 Å². The van der Waals surface area contributed by atoms with E-state index in [0.717, 1.165) is 15.8 Å². The Balaban J connectivity index is 1.62. The van der Waals surface area contributed by atoms with E-state index in [1.807, 2.05) is 66.7 Å². The van der Waals surface area contributed by atoms with Crippen molar-refractivity contribution in [2.45, 2.75) is 12.5 Å². The average molecular weight is 400 g/mol. The quantitative estimate of drug-likeness (QED) is 0.439. The first kappa shape index (κ1) is 17.5. The molecule has 29 heavy (non-hydrogen) atoms. The van der Waals surface area contributed by atoms with Crippen LogP contribution in [0.3, 0.4) is 0 Å². The SMILES string of the molecule is O=c1c2ccccc2sn1C(Cc1ccccc1)c1nnc(-c2ccncc2)o1. The fraction of sp³-hybridized carbons (Fsp3) is 0.0909. The Hall–Kier alpha value is -3.58. The lowest BCUT2D eigenvalue weighted by Crippen LogP contribution is -2.22. The van der Waals surface area contributed by atoms with Crippen molar-refractivity contribution in [3.63, 3.8) is 0 Å². The molecule has 0 amide bonds. The van der Waals surface area contributed by atoms with Gasteiger partial charge in [0.15, 0.2) is 0 Å². The number of rotatable bonds is 5. The minimum Gasteiger partial charge on any atom is -0.418 e. The van der Waals surface area contributed by atoms with Crippen LogP contribution in [0.5, 0.6) is 0 Å². The van der Waals surface area contributed by atoms with Crippen molar-refractivity contribution < 1.29 is 4.42 Å². The normalized spacial score (nSPS) is 12.3. The molecule has 0 bridgehead atoms. The Kier molecular flexibility index (Phi) is 4.50. The molecule has 142 valence electrons. The number of nitrogens with zero attached hydrogens (tertiary/aromatic N) is 4. The maximum Gasteiger partial charge on any atom is 0.269 e. The molecule has 0 N–H and O–H groups in total. The molecule has 0 radical (unpaired) electrons. The van der Waals surface area contributed by atoms with Crippen LogP contribution in [0.4, 0.5) is 0 Å². The second kappa shape index (κ2) is 7.44. The zero-order valence-electron chi connectivity index (χ0n) is 15.3. The van der Waals surface area contributed by atoms with Crippen molar-refractivity contribution in [2.75, 3.05) is 0 Å². The minimum atomic E-state index is -0.384. The van der Waals surface area contributed by atoms with E-state index in [1.54, 1.807) is 16.4 Å². The molecule has 6 nitrogen and oxygen atoms in total. The first-order chi connectivity index (χ1) is 14.3. The summed E-state index contributed by atoms with van der Waals surface area (Å²) in [6, 6.07) is 20.9. The smallest absolute Gasteiger partial charge is 0.269 e.